The molecular formula is C23H19Cl2NO5. The van der Waals surface area contributed by atoms with E-state index in [4.69, 9.17) is 37.4 Å². The van der Waals surface area contributed by atoms with Crippen LogP contribution in [0.3, 0.4) is 0 Å². The van der Waals surface area contributed by atoms with Gasteiger partial charge in [0, 0.05) is 24.4 Å². The second kappa shape index (κ2) is 10.3. The van der Waals surface area contributed by atoms with Crippen LogP contribution in [-0.2, 0) is 11.2 Å². The van der Waals surface area contributed by atoms with Crippen molar-refractivity contribution in [2.24, 2.45) is 0 Å². The monoisotopic (exact) mass is 459 g/mol. The number of pyridine rings is 1. The minimum Gasteiger partial charge on any atom is -0.493 e. The Bertz CT molecular complexity index is 1070. The summed E-state index contributed by atoms with van der Waals surface area (Å²) in [6.45, 7) is 0. The van der Waals surface area contributed by atoms with Crippen LogP contribution in [0.1, 0.15) is 37.9 Å². The van der Waals surface area contributed by atoms with Gasteiger partial charge in [0.1, 0.15) is 12.4 Å². The molecule has 0 bridgehead atoms. The lowest BCUT2D eigenvalue weighted by molar-refractivity contribution is 0.0297. The van der Waals surface area contributed by atoms with E-state index in [0.29, 0.717) is 50.1 Å². The van der Waals surface area contributed by atoms with Crippen molar-refractivity contribution in [2.45, 2.75) is 12.5 Å². The fraction of sp³-hybridized carbons (Fsp3) is 0.174. The Morgan fingerprint density at radius 1 is 1.00 bits per heavy atom. The Labute approximate surface area is 189 Å². The van der Waals surface area contributed by atoms with E-state index >= 15 is 0 Å². The Morgan fingerprint density at radius 3 is 2.23 bits per heavy atom. The number of rotatable bonds is 8. The van der Waals surface area contributed by atoms with E-state index in [9.17, 15) is 9.59 Å². The largest absolute Gasteiger partial charge is 0.493 e. The zero-order valence-electron chi connectivity index (χ0n) is 16.8. The zero-order chi connectivity index (χ0) is 22.4. The van der Waals surface area contributed by atoms with Crippen LogP contribution < -0.4 is 9.47 Å². The third-order valence-corrected chi connectivity index (χ3v) is 5.30. The SMILES string of the molecule is COc1ccc([C@H](Cc2c(Cl)cncc2Cl)OC(=O)c2ccc(C=O)cc2)cc1OC. The summed E-state index contributed by atoms with van der Waals surface area (Å²) in [5, 5.41) is 0.730. The average Bonchev–Trinajstić information content (AvgIpc) is 2.80. The van der Waals surface area contributed by atoms with Crippen molar-refractivity contribution in [1.82, 2.24) is 4.98 Å². The summed E-state index contributed by atoms with van der Waals surface area (Å²) in [4.78, 5) is 27.6. The van der Waals surface area contributed by atoms with Gasteiger partial charge >= 0.3 is 5.97 Å². The smallest absolute Gasteiger partial charge is 0.338 e. The van der Waals surface area contributed by atoms with E-state index in [1.54, 1.807) is 30.3 Å². The molecule has 31 heavy (non-hydrogen) atoms. The van der Waals surface area contributed by atoms with Crippen LogP contribution in [-0.4, -0.2) is 31.5 Å². The molecule has 0 spiro atoms. The van der Waals surface area contributed by atoms with Gasteiger partial charge < -0.3 is 14.2 Å². The Balaban J connectivity index is 1.97. The summed E-state index contributed by atoms with van der Waals surface area (Å²) in [6, 6.07) is 11.4. The van der Waals surface area contributed by atoms with Gasteiger partial charge in [-0.3, -0.25) is 9.78 Å². The second-order valence-corrected chi connectivity index (χ2v) is 7.35. The fourth-order valence-corrected chi connectivity index (χ4v) is 3.51. The van der Waals surface area contributed by atoms with Crippen LogP contribution in [0.15, 0.2) is 54.9 Å². The number of ether oxygens (including phenoxy) is 3. The molecule has 0 amide bonds. The molecule has 6 nitrogen and oxygen atoms in total. The zero-order valence-corrected chi connectivity index (χ0v) is 18.3. The first-order valence-corrected chi connectivity index (χ1v) is 9.98. The second-order valence-electron chi connectivity index (χ2n) is 6.53. The maximum Gasteiger partial charge on any atom is 0.338 e. The maximum absolute atomic E-state index is 12.8. The third-order valence-electron chi connectivity index (χ3n) is 4.65. The number of carbonyl (C=O) groups is 2. The summed E-state index contributed by atoms with van der Waals surface area (Å²) in [7, 11) is 3.06. The van der Waals surface area contributed by atoms with Gasteiger partial charge in [-0.2, -0.15) is 0 Å². The highest BCUT2D eigenvalue weighted by atomic mass is 35.5. The molecule has 0 aliphatic carbocycles. The van der Waals surface area contributed by atoms with Gasteiger partial charge in [0.2, 0.25) is 0 Å². The van der Waals surface area contributed by atoms with E-state index in [2.05, 4.69) is 4.98 Å². The number of methoxy groups -OCH3 is 2. The Kier molecular flexibility index (Phi) is 7.50. The molecule has 1 aromatic heterocycles. The number of hydrogen-bond acceptors (Lipinski definition) is 6. The number of aromatic nitrogens is 1. The molecule has 0 unspecified atom stereocenters. The molecule has 0 fully saturated rings. The quantitative estimate of drug-likeness (QED) is 0.333. The number of carbonyl (C=O) groups excluding carboxylic acids is 2. The first-order chi connectivity index (χ1) is 15.0. The number of halogens is 2. The van der Waals surface area contributed by atoms with E-state index < -0.39 is 12.1 Å². The van der Waals surface area contributed by atoms with Crippen LogP contribution >= 0.6 is 23.2 Å². The van der Waals surface area contributed by atoms with Crippen molar-refractivity contribution in [3.05, 3.63) is 87.2 Å². The Hall–Kier alpha value is -3.09. The van der Waals surface area contributed by atoms with Crippen LogP contribution in [0.4, 0.5) is 0 Å². The molecule has 0 aliphatic heterocycles. The minimum absolute atomic E-state index is 0.216. The fourth-order valence-electron chi connectivity index (χ4n) is 2.99. The van der Waals surface area contributed by atoms with E-state index in [1.807, 2.05) is 0 Å². The van der Waals surface area contributed by atoms with Crippen molar-refractivity contribution in [3.8, 4) is 11.5 Å². The first kappa shape index (κ1) is 22.6. The van der Waals surface area contributed by atoms with Gasteiger partial charge in [-0.25, -0.2) is 4.79 Å². The summed E-state index contributed by atoms with van der Waals surface area (Å²) in [5.74, 6) is 0.475. The molecular weight excluding hydrogens is 441 g/mol. The molecule has 0 aliphatic rings. The first-order valence-electron chi connectivity index (χ1n) is 9.22. The standard InChI is InChI=1S/C23H19Cl2NO5/c1-29-20-8-7-16(9-22(20)30-2)21(10-17-18(24)11-26-12-19(17)25)31-23(28)15-5-3-14(13-27)4-6-15/h3-9,11-13,21H,10H2,1-2H3/t21-/m0/s1. The van der Waals surface area contributed by atoms with Crippen molar-refractivity contribution < 1.29 is 23.8 Å². The van der Waals surface area contributed by atoms with E-state index in [0.717, 1.165) is 0 Å². The van der Waals surface area contributed by atoms with Gasteiger partial charge in [0.05, 0.1) is 29.8 Å². The van der Waals surface area contributed by atoms with Crippen LogP contribution in [0, 0.1) is 0 Å². The predicted molar refractivity (Wildman–Crippen MR) is 117 cm³/mol. The number of hydrogen-bond donors (Lipinski definition) is 0. The van der Waals surface area contributed by atoms with E-state index in [1.165, 1.54) is 38.7 Å². The highest BCUT2D eigenvalue weighted by Gasteiger charge is 2.23. The molecule has 2 aromatic carbocycles. The number of nitrogens with zero attached hydrogens (tertiary/aromatic N) is 1. The topological polar surface area (TPSA) is 74.7 Å². The lowest BCUT2D eigenvalue weighted by Crippen LogP contribution is -2.15. The molecule has 1 atom stereocenters. The van der Waals surface area contributed by atoms with Crippen LogP contribution in [0.2, 0.25) is 10.0 Å². The molecule has 3 aromatic rings. The van der Waals surface area contributed by atoms with Gasteiger partial charge in [-0.1, -0.05) is 41.4 Å². The molecule has 0 saturated heterocycles. The van der Waals surface area contributed by atoms with Gasteiger partial charge in [-0.05, 0) is 35.4 Å². The van der Waals surface area contributed by atoms with Crippen LogP contribution in [0.25, 0.3) is 0 Å². The van der Waals surface area contributed by atoms with Gasteiger partial charge in [-0.15, -0.1) is 0 Å². The number of benzene rings is 2. The predicted octanol–water partition coefficient (Wildman–Crippen LogP) is 5.36. The van der Waals surface area contributed by atoms with Gasteiger partial charge in [0.25, 0.3) is 0 Å². The average molecular weight is 460 g/mol. The molecule has 0 N–H and O–H groups in total. The number of esters is 1. The Morgan fingerprint density at radius 2 is 1.65 bits per heavy atom. The summed E-state index contributed by atoms with van der Waals surface area (Å²) < 4.78 is 16.5. The van der Waals surface area contributed by atoms with Crippen LogP contribution in [0.5, 0.6) is 11.5 Å². The molecule has 160 valence electrons. The number of aldehydes is 1. The van der Waals surface area contributed by atoms with E-state index in [-0.39, 0.29) is 6.42 Å². The molecule has 8 heteroatoms. The lowest BCUT2D eigenvalue weighted by Gasteiger charge is -2.21. The summed E-state index contributed by atoms with van der Waals surface area (Å²) in [6.07, 6.45) is 3.15. The minimum atomic E-state index is -0.726. The highest BCUT2D eigenvalue weighted by molar-refractivity contribution is 6.35. The third kappa shape index (κ3) is 5.34. The molecule has 1 heterocycles. The molecule has 0 saturated carbocycles. The normalized spacial score (nSPS) is 11.5. The van der Waals surface area contributed by atoms with Crippen molar-refractivity contribution in [2.75, 3.05) is 14.2 Å². The molecule has 0 radical (unpaired) electrons. The summed E-state index contributed by atoms with van der Waals surface area (Å²) in [5.41, 5.74) is 2.04. The maximum atomic E-state index is 12.8. The highest BCUT2D eigenvalue weighted by Crippen LogP contribution is 2.35. The van der Waals surface area contributed by atoms with Crippen molar-refractivity contribution >= 4 is 35.5 Å². The van der Waals surface area contributed by atoms with Gasteiger partial charge in [0.15, 0.2) is 11.5 Å². The van der Waals surface area contributed by atoms with Crippen molar-refractivity contribution in [3.63, 3.8) is 0 Å². The summed E-state index contributed by atoms with van der Waals surface area (Å²) >= 11 is 12.6. The molecule has 3 rings (SSSR count). The van der Waals surface area contributed by atoms with Crippen molar-refractivity contribution in [1.29, 1.82) is 0 Å². The lowest BCUT2D eigenvalue weighted by atomic mass is 10.0.